The molecule has 0 unspecified atom stereocenters. The van der Waals surface area contributed by atoms with Gasteiger partial charge in [0.25, 0.3) is 5.24 Å². The Labute approximate surface area is 120 Å². The molecule has 1 heterocycles. The second-order valence-corrected chi connectivity index (χ2v) is 4.69. The van der Waals surface area contributed by atoms with E-state index in [0.29, 0.717) is 22.0 Å². The van der Waals surface area contributed by atoms with Crippen LogP contribution in [0.4, 0.5) is 0 Å². The zero-order valence-electron chi connectivity index (χ0n) is 9.95. The predicted octanol–water partition coefficient (Wildman–Crippen LogP) is 3.96. The minimum Gasteiger partial charge on any atom is -0.276 e. The summed E-state index contributed by atoms with van der Waals surface area (Å²) in [5.74, 6) is 0. The summed E-state index contributed by atoms with van der Waals surface area (Å²) in [6.45, 7) is 1.68. The second-order valence-electron chi connectivity index (χ2n) is 3.91. The van der Waals surface area contributed by atoms with Crippen molar-refractivity contribution in [3.63, 3.8) is 0 Å². The molecule has 1 aromatic carbocycles. The van der Waals surface area contributed by atoms with E-state index >= 15 is 0 Å². The number of hydrogen-bond acceptors (Lipinski definition) is 3. The Hall–Kier alpha value is -1.89. The van der Waals surface area contributed by atoms with Crippen molar-refractivity contribution in [2.24, 2.45) is 0 Å². The highest BCUT2D eigenvalue weighted by Gasteiger charge is 2.14. The summed E-state index contributed by atoms with van der Waals surface area (Å²) >= 11 is 11.3. The molecule has 2 aromatic rings. The van der Waals surface area contributed by atoms with E-state index in [0.717, 1.165) is 5.56 Å². The molecule has 5 heteroatoms. The van der Waals surface area contributed by atoms with Crippen molar-refractivity contribution in [3.05, 3.63) is 52.2 Å². The molecule has 94 valence electrons. The lowest BCUT2D eigenvalue weighted by Crippen LogP contribution is -2.01. The van der Waals surface area contributed by atoms with Gasteiger partial charge in [0.15, 0.2) is 0 Å². The van der Waals surface area contributed by atoms with Crippen LogP contribution in [0.3, 0.4) is 0 Å². The van der Waals surface area contributed by atoms with Crippen LogP contribution in [-0.2, 0) is 0 Å². The first-order valence-electron chi connectivity index (χ1n) is 5.40. The van der Waals surface area contributed by atoms with Crippen LogP contribution in [0.5, 0.6) is 0 Å². The van der Waals surface area contributed by atoms with E-state index in [1.165, 1.54) is 6.07 Å². The number of carbonyl (C=O) groups excluding carboxylic acids is 1. The van der Waals surface area contributed by atoms with Gasteiger partial charge in [-0.1, -0.05) is 23.7 Å². The second kappa shape index (κ2) is 5.40. The quantitative estimate of drug-likeness (QED) is 0.787. The third kappa shape index (κ3) is 2.76. The smallest absolute Gasteiger partial charge is 0.254 e. The van der Waals surface area contributed by atoms with Crippen LogP contribution in [-0.4, -0.2) is 10.2 Å². The molecule has 0 saturated carbocycles. The van der Waals surface area contributed by atoms with Crippen LogP contribution >= 0.6 is 23.2 Å². The first kappa shape index (κ1) is 13.5. The van der Waals surface area contributed by atoms with E-state index in [4.69, 9.17) is 28.5 Å². The number of nitrogens with zero attached hydrogens (tertiary/aromatic N) is 2. The lowest BCUT2D eigenvalue weighted by molar-refractivity contribution is 0.108. The highest BCUT2D eigenvalue weighted by molar-refractivity contribution is 6.67. The summed E-state index contributed by atoms with van der Waals surface area (Å²) < 4.78 is 0. The van der Waals surface area contributed by atoms with Crippen molar-refractivity contribution in [2.75, 3.05) is 0 Å². The van der Waals surface area contributed by atoms with Gasteiger partial charge in [-0.05, 0) is 36.7 Å². The summed E-state index contributed by atoms with van der Waals surface area (Å²) in [4.78, 5) is 15.5. The number of pyridine rings is 1. The van der Waals surface area contributed by atoms with Gasteiger partial charge in [0, 0.05) is 10.6 Å². The molecule has 0 bridgehead atoms. The highest BCUT2D eigenvalue weighted by atomic mass is 35.5. The summed E-state index contributed by atoms with van der Waals surface area (Å²) in [7, 11) is 0. The van der Waals surface area contributed by atoms with Crippen LogP contribution in [0.1, 0.15) is 21.6 Å². The van der Waals surface area contributed by atoms with E-state index < -0.39 is 5.24 Å². The summed E-state index contributed by atoms with van der Waals surface area (Å²) in [6, 6.07) is 10.5. The van der Waals surface area contributed by atoms with Crippen LogP contribution in [0.25, 0.3) is 11.3 Å². The van der Waals surface area contributed by atoms with E-state index in [2.05, 4.69) is 4.98 Å². The lowest BCUT2D eigenvalue weighted by Gasteiger charge is -2.07. The first-order chi connectivity index (χ1) is 9.02. The molecular weight excluding hydrogens is 283 g/mol. The number of halogens is 2. The Morgan fingerprint density at radius 1 is 1.32 bits per heavy atom. The standard InChI is InChI=1S/C14H8Cl2N2O/c1-8-12(14(16)19)6-10(7-17)13(18-8)9-2-4-11(15)5-3-9/h2-6H,1H3. The topological polar surface area (TPSA) is 53.8 Å². The van der Waals surface area contributed by atoms with E-state index in [-0.39, 0.29) is 5.56 Å². The zero-order valence-corrected chi connectivity index (χ0v) is 11.5. The highest BCUT2D eigenvalue weighted by Crippen LogP contribution is 2.25. The molecule has 0 N–H and O–H groups in total. The molecule has 0 radical (unpaired) electrons. The third-order valence-corrected chi connectivity index (χ3v) is 3.12. The number of nitriles is 1. The maximum Gasteiger partial charge on any atom is 0.254 e. The van der Waals surface area contributed by atoms with Crippen LogP contribution in [0, 0.1) is 18.3 Å². The van der Waals surface area contributed by atoms with Gasteiger partial charge in [-0.3, -0.25) is 9.78 Å². The molecule has 0 spiro atoms. The van der Waals surface area contributed by atoms with Crippen molar-refractivity contribution in [3.8, 4) is 17.3 Å². The SMILES string of the molecule is Cc1nc(-c2ccc(Cl)cc2)c(C#N)cc1C(=O)Cl. The maximum atomic E-state index is 11.2. The Balaban J connectivity index is 2.64. The Bertz CT molecular complexity index is 688. The molecule has 3 nitrogen and oxygen atoms in total. The molecule has 19 heavy (non-hydrogen) atoms. The van der Waals surface area contributed by atoms with Crippen LogP contribution < -0.4 is 0 Å². The molecule has 0 aliphatic carbocycles. The average Bonchev–Trinajstić information content (AvgIpc) is 2.39. The Morgan fingerprint density at radius 3 is 2.47 bits per heavy atom. The fraction of sp³-hybridized carbons (Fsp3) is 0.0714. The van der Waals surface area contributed by atoms with E-state index in [1.54, 1.807) is 31.2 Å². The van der Waals surface area contributed by atoms with E-state index in [9.17, 15) is 4.79 Å². The normalized spacial score (nSPS) is 10.0. The third-order valence-electron chi connectivity index (χ3n) is 2.66. The van der Waals surface area contributed by atoms with Gasteiger partial charge in [0.05, 0.1) is 22.5 Å². The van der Waals surface area contributed by atoms with Gasteiger partial charge in [0.1, 0.15) is 6.07 Å². The Morgan fingerprint density at radius 2 is 1.95 bits per heavy atom. The van der Waals surface area contributed by atoms with Crippen molar-refractivity contribution < 1.29 is 4.79 Å². The van der Waals surface area contributed by atoms with Crippen LogP contribution in [0.2, 0.25) is 5.02 Å². The largest absolute Gasteiger partial charge is 0.276 e. The molecule has 0 atom stereocenters. The number of aromatic nitrogens is 1. The van der Waals surface area contributed by atoms with Gasteiger partial charge < -0.3 is 0 Å². The lowest BCUT2D eigenvalue weighted by atomic mass is 10.0. The fourth-order valence-corrected chi connectivity index (χ4v) is 2.03. The van der Waals surface area contributed by atoms with Crippen molar-refractivity contribution in [1.82, 2.24) is 4.98 Å². The molecule has 0 amide bonds. The number of carbonyl (C=O) groups is 1. The average molecular weight is 291 g/mol. The van der Waals surface area contributed by atoms with Crippen LogP contribution in [0.15, 0.2) is 30.3 Å². The first-order valence-corrected chi connectivity index (χ1v) is 6.16. The molecular formula is C14H8Cl2N2O. The minimum atomic E-state index is -0.621. The predicted molar refractivity (Wildman–Crippen MR) is 74.3 cm³/mol. The zero-order chi connectivity index (χ0) is 14.0. The number of rotatable bonds is 2. The van der Waals surface area contributed by atoms with Gasteiger partial charge >= 0.3 is 0 Å². The number of benzene rings is 1. The van der Waals surface area contributed by atoms with Gasteiger partial charge in [-0.15, -0.1) is 0 Å². The molecule has 1 aromatic heterocycles. The monoisotopic (exact) mass is 290 g/mol. The van der Waals surface area contributed by atoms with Gasteiger partial charge in [-0.2, -0.15) is 5.26 Å². The Kier molecular flexibility index (Phi) is 3.84. The summed E-state index contributed by atoms with van der Waals surface area (Å²) in [6.07, 6.45) is 0. The maximum absolute atomic E-state index is 11.2. The van der Waals surface area contributed by atoms with Crippen molar-refractivity contribution >= 4 is 28.4 Å². The minimum absolute atomic E-state index is 0.246. The fourth-order valence-electron chi connectivity index (χ4n) is 1.72. The number of hydrogen-bond donors (Lipinski definition) is 0. The van der Waals surface area contributed by atoms with Crippen molar-refractivity contribution in [2.45, 2.75) is 6.92 Å². The van der Waals surface area contributed by atoms with Gasteiger partial charge in [0.2, 0.25) is 0 Å². The molecule has 0 aliphatic heterocycles. The van der Waals surface area contributed by atoms with Gasteiger partial charge in [-0.25, -0.2) is 0 Å². The van der Waals surface area contributed by atoms with Crippen molar-refractivity contribution in [1.29, 1.82) is 5.26 Å². The molecule has 0 saturated heterocycles. The molecule has 2 rings (SSSR count). The molecule has 0 aliphatic rings. The summed E-state index contributed by atoms with van der Waals surface area (Å²) in [5.41, 5.74) is 2.31. The van der Waals surface area contributed by atoms with E-state index in [1.807, 2.05) is 6.07 Å². The number of aryl methyl sites for hydroxylation is 1. The molecule has 0 fully saturated rings. The summed E-state index contributed by atoms with van der Waals surface area (Å²) in [5, 5.41) is 9.14.